The number of hydrogen-bond acceptors (Lipinski definition) is 7. The van der Waals surface area contributed by atoms with Crippen molar-refractivity contribution in [2.45, 2.75) is 66.0 Å². The van der Waals surface area contributed by atoms with Crippen molar-refractivity contribution in [3.8, 4) is 5.69 Å². The molecule has 228 valence electrons. The van der Waals surface area contributed by atoms with Crippen LogP contribution in [0.25, 0.3) is 16.7 Å². The molecule has 1 aromatic carbocycles. The smallest absolute Gasteiger partial charge is 0.270 e. The van der Waals surface area contributed by atoms with Crippen LogP contribution in [0.15, 0.2) is 54.9 Å². The number of carbonyl (C=O) groups excluding carboxylic acids is 2. The number of fused-ring (bicyclic) bond motifs is 3. The maximum Gasteiger partial charge on any atom is 0.270 e. The quantitative estimate of drug-likeness (QED) is 0.323. The van der Waals surface area contributed by atoms with Gasteiger partial charge in [0, 0.05) is 62.7 Å². The van der Waals surface area contributed by atoms with Gasteiger partial charge in [-0.3, -0.25) is 14.2 Å². The van der Waals surface area contributed by atoms with Crippen LogP contribution in [0.4, 0.5) is 11.8 Å². The average molecular weight is 585 g/mol. The number of nitrogens with zero attached hydrogens (tertiary/aromatic N) is 6. The Labute approximate surface area is 254 Å². The Morgan fingerprint density at radius 1 is 0.953 bits per heavy atom. The summed E-state index contributed by atoms with van der Waals surface area (Å²) in [5.41, 5.74) is 3.72. The number of anilines is 2. The third-order valence-electron chi connectivity index (χ3n) is 7.91. The van der Waals surface area contributed by atoms with Gasteiger partial charge in [0.05, 0.1) is 5.56 Å². The summed E-state index contributed by atoms with van der Waals surface area (Å²) >= 11 is 0. The van der Waals surface area contributed by atoms with Crippen molar-refractivity contribution in [1.29, 1.82) is 0 Å². The summed E-state index contributed by atoms with van der Waals surface area (Å²) < 4.78 is 1.87. The van der Waals surface area contributed by atoms with Crippen LogP contribution in [0.1, 0.15) is 74.9 Å². The summed E-state index contributed by atoms with van der Waals surface area (Å²) in [7, 11) is 3.47. The van der Waals surface area contributed by atoms with E-state index in [-0.39, 0.29) is 32.1 Å². The highest BCUT2D eigenvalue weighted by Gasteiger charge is 2.34. The molecule has 10 nitrogen and oxygen atoms in total. The molecule has 5 heterocycles. The van der Waals surface area contributed by atoms with E-state index in [0.717, 1.165) is 37.0 Å². The Bertz CT molecular complexity index is 1590. The third kappa shape index (κ3) is 6.24. The zero-order valence-electron chi connectivity index (χ0n) is 24.2. The number of nitrogens with one attached hydrogen (secondary N) is 2. The molecule has 2 amide bonds. The Balaban J connectivity index is 0.00000212. The van der Waals surface area contributed by atoms with Crippen molar-refractivity contribution in [3.63, 3.8) is 0 Å². The molecule has 10 heteroatoms. The predicted molar refractivity (Wildman–Crippen MR) is 172 cm³/mol. The molecule has 2 aliphatic heterocycles. The van der Waals surface area contributed by atoms with Crippen LogP contribution in [-0.4, -0.2) is 80.4 Å². The fraction of sp³-hybridized carbons (Fsp3) is 0.424. The lowest BCUT2D eigenvalue weighted by atomic mass is 9.87. The molecule has 2 N–H and O–H groups in total. The van der Waals surface area contributed by atoms with Gasteiger partial charge < -0.3 is 20.4 Å². The van der Waals surface area contributed by atoms with Gasteiger partial charge in [-0.25, -0.2) is 9.97 Å². The number of likely N-dealkylation sites (tertiary alicyclic amines) is 1. The highest BCUT2D eigenvalue weighted by Crippen LogP contribution is 2.28. The molecular formula is C33H44N8O2. The van der Waals surface area contributed by atoms with Crippen LogP contribution < -0.4 is 10.6 Å². The van der Waals surface area contributed by atoms with E-state index in [9.17, 15) is 9.59 Å². The van der Waals surface area contributed by atoms with E-state index in [1.165, 1.54) is 5.56 Å². The summed E-state index contributed by atoms with van der Waals surface area (Å²) in [6.45, 7) is 7.99. The van der Waals surface area contributed by atoms with Crippen molar-refractivity contribution in [3.05, 3.63) is 71.7 Å². The zero-order valence-corrected chi connectivity index (χ0v) is 24.2. The summed E-state index contributed by atoms with van der Waals surface area (Å²) in [6.07, 6.45) is 5.54. The maximum atomic E-state index is 13.1. The summed E-state index contributed by atoms with van der Waals surface area (Å²) in [4.78, 5) is 43.4. The molecule has 43 heavy (non-hydrogen) atoms. The van der Waals surface area contributed by atoms with Crippen molar-refractivity contribution >= 4 is 34.6 Å². The fourth-order valence-corrected chi connectivity index (χ4v) is 5.66. The van der Waals surface area contributed by atoms with E-state index in [2.05, 4.69) is 53.5 Å². The molecule has 3 aromatic heterocycles. The van der Waals surface area contributed by atoms with Gasteiger partial charge in [-0.05, 0) is 54.2 Å². The van der Waals surface area contributed by atoms with Crippen molar-refractivity contribution in [2.75, 3.05) is 32.5 Å². The van der Waals surface area contributed by atoms with E-state index in [1.807, 2.05) is 27.7 Å². The van der Waals surface area contributed by atoms with Gasteiger partial charge in [-0.1, -0.05) is 47.8 Å². The van der Waals surface area contributed by atoms with Gasteiger partial charge in [0.2, 0.25) is 5.95 Å². The number of amides is 2. The molecule has 2 fully saturated rings. The predicted octanol–water partition coefficient (Wildman–Crippen LogP) is 5.41. The lowest BCUT2D eigenvalue weighted by Gasteiger charge is -2.32. The maximum absolute atomic E-state index is 13.1. The molecule has 2 aliphatic rings. The second-order valence-corrected chi connectivity index (χ2v) is 12.2. The monoisotopic (exact) mass is 584 g/mol. The van der Waals surface area contributed by atoms with E-state index in [4.69, 9.17) is 4.98 Å². The first-order valence-corrected chi connectivity index (χ1v) is 14.1. The van der Waals surface area contributed by atoms with Crippen LogP contribution >= 0.6 is 0 Å². The summed E-state index contributed by atoms with van der Waals surface area (Å²) in [6, 6.07) is 14.4. The van der Waals surface area contributed by atoms with Crippen LogP contribution in [0.3, 0.4) is 0 Å². The van der Waals surface area contributed by atoms with Gasteiger partial charge in [0.15, 0.2) is 5.65 Å². The van der Waals surface area contributed by atoms with E-state index in [0.29, 0.717) is 40.8 Å². The van der Waals surface area contributed by atoms with Crippen molar-refractivity contribution < 1.29 is 9.59 Å². The first-order valence-electron chi connectivity index (χ1n) is 14.1. The minimum atomic E-state index is -0.128. The molecule has 6 rings (SSSR count). The molecule has 0 radical (unpaired) electrons. The fourth-order valence-electron chi connectivity index (χ4n) is 5.66. The molecule has 2 bridgehead atoms. The normalized spacial score (nSPS) is 17.7. The van der Waals surface area contributed by atoms with Gasteiger partial charge in [0.1, 0.15) is 11.5 Å². The van der Waals surface area contributed by atoms with Crippen LogP contribution in [0, 0.1) is 0 Å². The molecule has 0 spiro atoms. The first-order chi connectivity index (χ1) is 19.6. The molecule has 4 aromatic rings. The molecule has 2 atom stereocenters. The molecular weight excluding hydrogens is 540 g/mol. The minimum Gasteiger partial charge on any atom is -0.343 e. The van der Waals surface area contributed by atoms with Gasteiger partial charge in [0.25, 0.3) is 11.8 Å². The number of pyridine rings is 1. The number of rotatable bonds is 5. The largest absolute Gasteiger partial charge is 0.343 e. The second kappa shape index (κ2) is 12.1. The Kier molecular flexibility index (Phi) is 8.92. The Hall–Kier alpha value is -4.31. The van der Waals surface area contributed by atoms with E-state index < -0.39 is 0 Å². The number of hydrogen-bond donors (Lipinski definition) is 2. The van der Waals surface area contributed by atoms with Crippen molar-refractivity contribution in [1.82, 2.24) is 34.6 Å². The van der Waals surface area contributed by atoms with Crippen LogP contribution in [-0.2, 0) is 5.41 Å². The number of piperazine rings is 1. The minimum absolute atomic E-state index is 0. The van der Waals surface area contributed by atoms with Crippen LogP contribution in [0.2, 0.25) is 0 Å². The van der Waals surface area contributed by atoms with E-state index >= 15 is 0 Å². The molecule has 2 saturated heterocycles. The standard InChI is InChI=1S/C31H36N8O2.2CH4/c1-31(2,3)21-7-11-24(12-8-21)39-25(29(41)37(4)5)14-20-16-33-30(36-27(20)39)35-26-13-6-19(15-32-26)28(40)38-17-22-9-10-23(18-38)34-22;;/h6-8,11-16,22-23,34H,9-10,17-18H2,1-5H3,(H,32,33,35,36);2*1H4. The lowest BCUT2D eigenvalue weighted by Crippen LogP contribution is -2.53. The SMILES string of the molecule is C.C.CN(C)C(=O)c1cc2cnc(Nc3ccc(C(=O)N4CC5CCC(C4)N5)cn3)nc2n1-c1ccc(C(C)(C)C)cc1. The highest BCUT2D eigenvalue weighted by atomic mass is 16.2. The number of aromatic nitrogens is 4. The highest BCUT2D eigenvalue weighted by molar-refractivity contribution is 5.99. The number of carbonyl (C=O) groups is 2. The summed E-state index contributed by atoms with van der Waals surface area (Å²) in [5, 5.41) is 7.46. The molecule has 0 aliphatic carbocycles. The van der Waals surface area contributed by atoms with Crippen molar-refractivity contribution in [2.24, 2.45) is 0 Å². The lowest BCUT2D eigenvalue weighted by molar-refractivity contribution is 0.0697. The average Bonchev–Trinajstić information content (AvgIpc) is 3.50. The molecule has 2 unspecified atom stereocenters. The Morgan fingerprint density at radius 2 is 1.63 bits per heavy atom. The van der Waals surface area contributed by atoms with Gasteiger partial charge >= 0.3 is 0 Å². The summed E-state index contributed by atoms with van der Waals surface area (Å²) in [5.74, 6) is 0.751. The van der Waals surface area contributed by atoms with Gasteiger partial charge in [-0.15, -0.1) is 0 Å². The molecule has 0 saturated carbocycles. The zero-order chi connectivity index (χ0) is 28.9. The topological polar surface area (TPSA) is 108 Å². The second-order valence-electron chi connectivity index (χ2n) is 12.2. The van der Waals surface area contributed by atoms with Crippen LogP contribution in [0.5, 0.6) is 0 Å². The van der Waals surface area contributed by atoms with Gasteiger partial charge in [-0.2, -0.15) is 4.98 Å². The number of benzene rings is 1. The van der Waals surface area contributed by atoms with E-state index in [1.54, 1.807) is 43.5 Å². The third-order valence-corrected chi connectivity index (χ3v) is 7.91. The first kappa shape index (κ1) is 31.6. The Morgan fingerprint density at radius 3 is 2.21 bits per heavy atom.